The quantitative estimate of drug-likeness (QED) is 0.0723. The highest BCUT2D eigenvalue weighted by Gasteiger charge is 2.56. The highest BCUT2D eigenvalue weighted by molar-refractivity contribution is 7.80. The fourth-order valence-electron chi connectivity index (χ4n) is 6.49. The molecule has 4 fully saturated rings. The molecule has 4 rings (SSSR count). The minimum Gasteiger partial charge on any atom is -0.394 e. The third kappa shape index (κ3) is 10.8. The molecule has 0 aromatic rings. The van der Waals surface area contributed by atoms with Gasteiger partial charge in [-0.05, 0) is 0 Å². The van der Waals surface area contributed by atoms with Crippen molar-refractivity contribution in [1.29, 1.82) is 0 Å². The van der Waals surface area contributed by atoms with E-state index in [9.17, 15) is 78.7 Å². The summed E-state index contributed by atoms with van der Waals surface area (Å²) in [6.07, 6.45) is -34.0. The monoisotopic (exact) mass is 828 g/mol. The van der Waals surface area contributed by atoms with Crippen LogP contribution in [0.3, 0.4) is 0 Å². The van der Waals surface area contributed by atoms with Crippen molar-refractivity contribution in [3.8, 4) is 0 Å². The molecule has 26 nitrogen and oxygen atoms in total. The van der Waals surface area contributed by atoms with E-state index in [1.165, 1.54) is 0 Å². The van der Waals surface area contributed by atoms with E-state index in [0.29, 0.717) is 0 Å². The van der Waals surface area contributed by atoms with Gasteiger partial charge in [0.1, 0.15) is 97.5 Å². The number of aliphatic hydroxyl groups excluding tert-OH is 11. The maximum Gasteiger partial charge on any atom is 0.397 e. The summed E-state index contributed by atoms with van der Waals surface area (Å²) in [6, 6.07) is -3.35. The Morgan fingerprint density at radius 3 is 1.45 bits per heavy atom. The molecule has 0 saturated carbocycles. The molecule has 4 heterocycles. The Morgan fingerprint density at radius 2 is 0.964 bits per heavy atom. The number of ether oxygens (including phenoxy) is 7. The van der Waals surface area contributed by atoms with Gasteiger partial charge in [-0.2, -0.15) is 8.42 Å². The van der Waals surface area contributed by atoms with Gasteiger partial charge in [0.2, 0.25) is 11.8 Å². The minimum atomic E-state index is -5.25. The number of hydrogen-bond acceptors (Lipinski definition) is 23. The number of aliphatic hydroxyl groups is 11. The molecule has 4 aliphatic heterocycles. The van der Waals surface area contributed by atoms with Crippen LogP contribution in [-0.4, -0.2) is 230 Å². The molecule has 0 radical (unpaired) electrons. The van der Waals surface area contributed by atoms with Crippen LogP contribution in [0.5, 0.6) is 0 Å². The zero-order chi connectivity index (χ0) is 41.1. The molecule has 4 saturated heterocycles. The maximum atomic E-state index is 12.3. The first-order chi connectivity index (χ1) is 25.7. The molecule has 320 valence electrons. The molecule has 4 aliphatic rings. The normalized spacial score (nSPS) is 45.5. The summed E-state index contributed by atoms with van der Waals surface area (Å²) in [5.74, 6) is -1.60. The van der Waals surface area contributed by atoms with E-state index in [-0.39, 0.29) is 0 Å². The summed E-state index contributed by atoms with van der Waals surface area (Å²) < 4.78 is 75.7. The van der Waals surface area contributed by atoms with Crippen molar-refractivity contribution >= 4 is 22.2 Å². The van der Waals surface area contributed by atoms with Crippen LogP contribution in [0.4, 0.5) is 0 Å². The molecule has 20 atom stereocenters. The van der Waals surface area contributed by atoms with Gasteiger partial charge in [-0.3, -0.25) is 14.1 Å². The summed E-state index contributed by atoms with van der Waals surface area (Å²) in [4.78, 5) is 24.2. The van der Waals surface area contributed by atoms with Crippen molar-refractivity contribution in [2.45, 2.75) is 137 Å². The van der Waals surface area contributed by atoms with Gasteiger partial charge in [-0.15, -0.1) is 0 Å². The number of hydrogen-bond donors (Lipinski definition) is 14. The minimum absolute atomic E-state index is 0.746. The van der Waals surface area contributed by atoms with E-state index < -0.39 is 171 Å². The van der Waals surface area contributed by atoms with Crippen molar-refractivity contribution in [3.63, 3.8) is 0 Å². The van der Waals surface area contributed by atoms with Gasteiger partial charge < -0.3 is 100.0 Å². The van der Waals surface area contributed by atoms with Gasteiger partial charge in [0, 0.05) is 13.8 Å². The first kappa shape index (κ1) is 45.8. The van der Waals surface area contributed by atoms with Gasteiger partial charge >= 0.3 is 10.4 Å². The average molecular weight is 829 g/mol. The van der Waals surface area contributed by atoms with Crippen LogP contribution in [0.1, 0.15) is 13.8 Å². The predicted molar refractivity (Wildman–Crippen MR) is 167 cm³/mol. The van der Waals surface area contributed by atoms with Crippen LogP contribution in [-0.2, 0) is 57.3 Å². The second-order valence-electron chi connectivity index (χ2n) is 13.1. The number of amides is 2. The van der Waals surface area contributed by atoms with Crippen molar-refractivity contribution in [3.05, 3.63) is 0 Å². The summed E-state index contributed by atoms with van der Waals surface area (Å²) in [6.45, 7) is -1.91. The first-order valence-electron chi connectivity index (χ1n) is 16.7. The molecule has 2 amide bonds. The average Bonchev–Trinajstić information content (AvgIpc) is 3.11. The van der Waals surface area contributed by atoms with Gasteiger partial charge in [-0.1, -0.05) is 0 Å². The highest BCUT2D eigenvalue weighted by atomic mass is 32.3. The molecule has 0 bridgehead atoms. The third-order valence-electron chi connectivity index (χ3n) is 9.21. The molecular formula is C28H48N2O24S. The third-order valence-corrected chi connectivity index (χ3v) is 9.65. The van der Waals surface area contributed by atoms with Gasteiger partial charge in [0.05, 0.1) is 26.4 Å². The first-order valence-corrected chi connectivity index (χ1v) is 18.1. The second-order valence-corrected chi connectivity index (χ2v) is 14.2. The van der Waals surface area contributed by atoms with Crippen LogP contribution >= 0.6 is 0 Å². The van der Waals surface area contributed by atoms with Gasteiger partial charge in [0.25, 0.3) is 0 Å². The Morgan fingerprint density at radius 1 is 0.545 bits per heavy atom. The van der Waals surface area contributed by atoms with Crippen molar-refractivity contribution in [1.82, 2.24) is 10.6 Å². The Balaban J connectivity index is 1.65. The van der Waals surface area contributed by atoms with E-state index in [1.54, 1.807) is 0 Å². The summed E-state index contributed by atoms with van der Waals surface area (Å²) >= 11 is 0. The topological polar surface area (TPSA) is 409 Å². The Hall–Kier alpha value is -1.91. The molecule has 0 aromatic heterocycles. The standard InChI is InChI=1S/C28H48N2O24S/c1-7(34)29-13-18(39)15(36)9(3-31)49-26(13)54-24-17(38)11(5-33)50-28(21(24)42)52-22-12(6-47-55(44,45)46)51-27(14(19(22)40)30-8(2)35)53-23-16(37)10(4-32)48-25(43)20(23)41/h9-28,31-33,36-43H,3-6H2,1-2H3,(H,29,34)(H,30,35)(H,44,45,46)/t9-,10-,11-,12-,13-,14-,15-,16+,17+,18-,19-,20-,21-,22-,23+,24+,25?,26+,27+,28+/m1/s1. The summed E-state index contributed by atoms with van der Waals surface area (Å²) in [5.41, 5.74) is 0. The summed E-state index contributed by atoms with van der Waals surface area (Å²) in [5, 5.41) is 120. The fraction of sp³-hybridized carbons (Fsp3) is 0.929. The van der Waals surface area contributed by atoms with E-state index >= 15 is 0 Å². The molecule has 55 heavy (non-hydrogen) atoms. The molecule has 0 aliphatic carbocycles. The van der Waals surface area contributed by atoms with Crippen LogP contribution in [0.15, 0.2) is 0 Å². The Kier molecular flexibility index (Phi) is 16.0. The molecule has 14 N–H and O–H groups in total. The van der Waals surface area contributed by atoms with Crippen LogP contribution in [0.2, 0.25) is 0 Å². The Labute approximate surface area is 311 Å². The zero-order valence-electron chi connectivity index (χ0n) is 29.0. The van der Waals surface area contributed by atoms with E-state index in [2.05, 4.69) is 14.8 Å². The zero-order valence-corrected chi connectivity index (χ0v) is 29.9. The van der Waals surface area contributed by atoms with Crippen LogP contribution in [0, 0.1) is 0 Å². The summed E-state index contributed by atoms with van der Waals surface area (Å²) in [7, 11) is -5.25. The number of rotatable bonds is 14. The van der Waals surface area contributed by atoms with Gasteiger partial charge in [0.15, 0.2) is 25.2 Å². The SMILES string of the molecule is CC(=O)N[C@H]1[C@H](O[C@H]2[C@@H](O)[C@@H](CO)OC(O)[C@@H]2O)O[C@H](COS(=O)(=O)O)[C@@H](O[C@@H]2O[C@H](CO)[C@H](O)[C@H](O[C@@H]3O[C@H](CO)[C@@H](O)[C@H](O)[C@H]3NC(C)=O)[C@H]2O)[C@@H]1O. The fourth-order valence-corrected chi connectivity index (χ4v) is 6.79. The van der Waals surface area contributed by atoms with E-state index in [4.69, 9.17) is 33.2 Å². The highest BCUT2D eigenvalue weighted by Crippen LogP contribution is 2.34. The van der Waals surface area contributed by atoms with Crippen LogP contribution < -0.4 is 10.6 Å². The van der Waals surface area contributed by atoms with E-state index in [0.717, 1.165) is 13.8 Å². The predicted octanol–water partition coefficient (Wildman–Crippen LogP) is -9.63. The smallest absolute Gasteiger partial charge is 0.394 e. The molecule has 1 unspecified atom stereocenters. The molecular weight excluding hydrogens is 780 g/mol. The number of nitrogens with one attached hydrogen (secondary N) is 2. The van der Waals surface area contributed by atoms with Crippen molar-refractivity contribution in [2.75, 3.05) is 26.4 Å². The largest absolute Gasteiger partial charge is 0.397 e. The lowest BCUT2D eigenvalue weighted by molar-refractivity contribution is -0.376. The lowest BCUT2D eigenvalue weighted by Gasteiger charge is -2.50. The van der Waals surface area contributed by atoms with E-state index in [1.807, 2.05) is 0 Å². The molecule has 0 aromatic carbocycles. The number of carbonyl (C=O) groups excluding carboxylic acids is 2. The lowest BCUT2D eigenvalue weighted by atomic mass is 9.94. The van der Waals surface area contributed by atoms with Gasteiger partial charge in [-0.25, -0.2) is 4.18 Å². The van der Waals surface area contributed by atoms with Crippen molar-refractivity contribution < 1.29 is 116 Å². The van der Waals surface area contributed by atoms with Crippen LogP contribution in [0.25, 0.3) is 0 Å². The Bertz CT molecular complexity index is 1380. The number of carbonyl (C=O) groups is 2. The molecule has 27 heteroatoms. The lowest BCUT2D eigenvalue weighted by Crippen LogP contribution is -2.70. The van der Waals surface area contributed by atoms with Crippen molar-refractivity contribution in [2.24, 2.45) is 0 Å². The second kappa shape index (κ2) is 19.2. The molecule has 0 spiro atoms. The maximum absolute atomic E-state index is 12.3.